The standard InChI is InChI=1S/C22H20N2O3/c1-4-7-27-21(26)22(10-16-5-6-24-13-18(16)12-23)11-17-8-14(2)15(3)9-19(17)20(22)25/h4-6,8-9,13H,1,7,10-11H2,2-3H3. The summed E-state index contributed by atoms with van der Waals surface area (Å²) in [4.78, 5) is 30.3. The second-order valence-electron chi connectivity index (χ2n) is 6.89. The molecule has 1 aliphatic carbocycles. The molecule has 3 rings (SSSR count). The maximum Gasteiger partial charge on any atom is 0.321 e. The first kappa shape index (κ1) is 18.5. The maximum absolute atomic E-state index is 13.4. The monoisotopic (exact) mass is 360 g/mol. The molecule has 1 aliphatic rings. The van der Waals surface area contributed by atoms with Gasteiger partial charge in [-0.1, -0.05) is 18.7 Å². The molecule has 1 unspecified atom stereocenters. The summed E-state index contributed by atoms with van der Waals surface area (Å²) in [6, 6.07) is 7.56. The zero-order valence-electron chi connectivity index (χ0n) is 15.4. The fraction of sp³-hybridized carbons (Fsp3) is 0.273. The van der Waals surface area contributed by atoms with Gasteiger partial charge in [0.15, 0.2) is 5.78 Å². The van der Waals surface area contributed by atoms with Crippen LogP contribution in [0, 0.1) is 30.6 Å². The minimum Gasteiger partial charge on any atom is -0.461 e. The van der Waals surface area contributed by atoms with Crippen LogP contribution in [0.15, 0.2) is 43.2 Å². The number of nitrogens with zero attached hydrogens (tertiary/aromatic N) is 2. The van der Waals surface area contributed by atoms with Gasteiger partial charge in [-0.3, -0.25) is 14.6 Å². The quantitative estimate of drug-likeness (QED) is 0.464. The Labute approximate surface area is 158 Å². The normalized spacial score (nSPS) is 17.9. The summed E-state index contributed by atoms with van der Waals surface area (Å²) < 4.78 is 5.31. The Morgan fingerprint density at radius 2 is 2.15 bits per heavy atom. The number of hydrogen-bond acceptors (Lipinski definition) is 5. The van der Waals surface area contributed by atoms with Crippen molar-refractivity contribution in [2.24, 2.45) is 5.41 Å². The van der Waals surface area contributed by atoms with Gasteiger partial charge < -0.3 is 4.74 Å². The Kier molecular flexibility index (Phi) is 4.91. The molecule has 27 heavy (non-hydrogen) atoms. The number of hydrogen-bond donors (Lipinski definition) is 0. The van der Waals surface area contributed by atoms with Crippen LogP contribution in [0.3, 0.4) is 0 Å². The largest absolute Gasteiger partial charge is 0.461 e. The van der Waals surface area contributed by atoms with Crippen LogP contribution in [0.5, 0.6) is 0 Å². The molecule has 0 saturated heterocycles. The van der Waals surface area contributed by atoms with Gasteiger partial charge in [0, 0.05) is 18.0 Å². The lowest BCUT2D eigenvalue weighted by molar-refractivity contribution is -0.151. The molecular weight excluding hydrogens is 340 g/mol. The zero-order valence-corrected chi connectivity index (χ0v) is 15.4. The van der Waals surface area contributed by atoms with Gasteiger partial charge in [-0.2, -0.15) is 5.26 Å². The van der Waals surface area contributed by atoms with Crippen LogP contribution in [-0.4, -0.2) is 23.3 Å². The number of aryl methyl sites for hydroxylation is 2. The van der Waals surface area contributed by atoms with Gasteiger partial charge in [0.05, 0.1) is 5.56 Å². The molecule has 5 nitrogen and oxygen atoms in total. The second kappa shape index (κ2) is 7.16. The molecule has 2 aromatic rings. The van der Waals surface area contributed by atoms with Crippen molar-refractivity contribution in [1.82, 2.24) is 4.98 Å². The summed E-state index contributed by atoms with van der Waals surface area (Å²) in [6.07, 6.45) is 4.82. The second-order valence-corrected chi connectivity index (χ2v) is 6.89. The topological polar surface area (TPSA) is 80.0 Å². The highest BCUT2D eigenvalue weighted by atomic mass is 16.5. The molecule has 136 valence electrons. The average molecular weight is 360 g/mol. The van der Waals surface area contributed by atoms with E-state index in [9.17, 15) is 14.9 Å². The van der Waals surface area contributed by atoms with Gasteiger partial charge in [-0.05, 0) is 61.1 Å². The van der Waals surface area contributed by atoms with Crippen molar-refractivity contribution in [3.63, 3.8) is 0 Å². The zero-order chi connectivity index (χ0) is 19.6. The van der Waals surface area contributed by atoms with Gasteiger partial charge in [0.25, 0.3) is 0 Å². The third-order valence-corrected chi connectivity index (χ3v) is 5.14. The van der Waals surface area contributed by atoms with Crippen molar-refractivity contribution in [3.8, 4) is 6.07 Å². The number of carbonyl (C=O) groups excluding carboxylic acids is 2. The molecule has 0 amide bonds. The lowest BCUT2D eigenvalue weighted by Gasteiger charge is -2.25. The SMILES string of the molecule is C=CCOC(=O)C1(Cc2ccncc2C#N)Cc2cc(C)c(C)cc2C1=O. The van der Waals surface area contributed by atoms with Crippen molar-refractivity contribution in [1.29, 1.82) is 5.26 Å². The molecule has 0 fully saturated rings. The van der Waals surface area contributed by atoms with E-state index < -0.39 is 11.4 Å². The summed E-state index contributed by atoms with van der Waals surface area (Å²) in [5.74, 6) is -0.838. The molecule has 1 aromatic heterocycles. The fourth-order valence-corrected chi connectivity index (χ4v) is 3.55. The van der Waals surface area contributed by atoms with Gasteiger partial charge in [-0.15, -0.1) is 0 Å². The van der Waals surface area contributed by atoms with Gasteiger partial charge >= 0.3 is 5.97 Å². The van der Waals surface area contributed by atoms with E-state index in [-0.39, 0.29) is 25.2 Å². The van der Waals surface area contributed by atoms with Crippen LogP contribution in [0.4, 0.5) is 0 Å². The predicted molar refractivity (Wildman–Crippen MR) is 100 cm³/mol. The van der Waals surface area contributed by atoms with E-state index in [0.29, 0.717) is 16.7 Å². The predicted octanol–water partition coefficient (Wildman–Crippen LogP) is 3.27. The Balaban J connectivity index is 2.10. The number of aromatic nitrogens is 1. The number of fused-ring (bicyclic) bond motifs is 1. The van der Waals surface area contributed by atoms with Crippen LogP contribution in [0.25, 0.3) is 0 Å². The number of carbonyl (C=O) groups is 2. The molecule has 1 atom stereocenters. The Bertz CT molecular complexity index is 988. The summed E-state index contributed by atoms with van der Waals surface area (Å²) in [7, 11) is 0. The molecule has 0 bridgehead atoms. The van der Waals surface area contributed by atoms with E-state index in [1.807, 2.05) is 26.0 Å². The van der Waals surface area contributed by atoms with Crippen LogP contribution in [0.2, 0.25) is 0 Å². The van der Waals surface area contributed by atoms with Gasteiger partial charge in [0.2, 0.25) is 0 Å². The van der Waals surface area contributed by atoms with E-state index in [0.717, 1.165) is 16.7 Å². The van der Waals surface area contributed by atoms with Gasteiger partial charge in [-0.25, -0.2) is 0 Å². The minimum atomic E-state index is -1.38. The highest BCUT2D eigenvalue weighted by molar-refractivity contribution is 6.16. The van der Waals surface area contributed by atoms with Crippen molar-refractivity contribution >= 4 is 11.8 Å². The van der Waals surface area contributed by atoms with E-state index >= 15 is 0 Å². The smallest absolute Gasteiger partial charge is 0.321 e. The molecule has 0 radical (unpaired) electrons. The number of nitriles is 1. The van der Waals surface area contributed by atoms with Crippen molar-refractivity contribution in [3.05, 3.63) is 76.6 Å². The van der Waals surface area contributed by atoms with Crippen LogP contribution >= 0.6 is 0 Å². The van der Waals surface area contributed by atoms with Crippen molar-refractivity contribution in [2.75, 3.05) is 6.61 Å². The summed E-state index contributed by atoms with van der Waals surface area (Å²) in [5, 5.41) is 9.36. The van der Waals surface area contributed by atoms with Gasteiger partial charge in [0.1, 0.15) is 18.1 Å². The first-order valence-corrected chi connectivity index (χ1v) is 8.69. The third kappa shape index (κ3) is 3.15. The first-order valence-electron chi connectivity index (χ1n) is 8.69. The Morgan fingerprint density at radius 1 is 1.41 bits per heavy atom. The molecule has 5 heteroatoms. The molecule has 0 saturated carbocycles. The summed E-state index contributed by atoms with van der Waals surface area (Å²) in [6.45, 7) is 7.51. The number of ketones is 1. The number of benzene rings is 1. The Hall–Kier alpha value is -3.26. The van der Waals surface area contributed by atoms with E-state index in [1.54, 1.807) is 12.3 Å². The molecule has 1 heterocycles. The van der Waals surface area contributed by atoms with E-state index in [4.69, 9.17) is 4.74 Å². The maximum atomic E-state index is 13.4. The van der Waals surface area contributed by atoms with Crippen LogP contribution < -0.4 is 0 Å². The number of ether oxygens (including phenoxy) is 1. The van der Waals surface area contributed by atoms with Crippen LogP contribution in [0.1, 0.15) is 38.2 Å². The van der Waals surface area contributed by atoms with Crippen molar-refractivity contribution < 1.29 is 14.3 Å². The minimum absolute atomic E-state index is 0.0315. The number of rotatable bonds is 5. The summed E-state index contributed by atoms with van der Waals surface area (Å²) in [5.41, 5.74) is 3.05. The molecule has 0 N–H and O–H groups in total. The molecule has 0 spiro atoms. The Morgan fingerprint density at radius 3 is 2.85 bits per heavy atom. The number of pyridine rings is 1. The fourth-order valence-electron chi connectivity index (χ4n) is 3.55. The molecule has 0 aliphatic heterocycles. The number of esters is 1. The van der Waals surface area contributed by atoms with E-state index in [2.05, 4.69) is 17.6 Å². The molecular formula is C22H20N2O3. The third-order valence-electron chi connectivity index (χ3n) is 5.14. The van der Waals surface area contributed by atoms with E-state index in [1.165, 1.54) is 12.3 Å². The highest BCUT2D eigenvalue weighted by Gasteiger charge is 2.53. The van der Waals surface area contributed by atoms with Crippen LogP contribution in [-0.2, 0) is 22.4 Å². The lowest BCUT2D eigenvalue weighted by Crippen LogP contribution is -2.41. The number of Topliss-reactive ketones (excluding diaryl/α,β-unsaturated/α-hetero) is 1. The highest BCUT2D eigenvalue weighted by Crippen LogP contribution is 2.42. The van der Waals surface area contributed by atoms with Crippen molar-refractivity contribution in [2.45, 2.75) is 26.7 Å². The molecule has 1 aromatic carbocycles. The lowest BCUT2D eigenvalue weighted by atomic mass is 9.77. The summed E-state index contributed by atoms with van der Waals surface area (Å²) >= 11 is 0. The first-order chi connectivity index (χ1) is 12.9. The average Bonchev–Trinajstić information content (AvgIpc) is 2.93.